The van der Waals surface area contributed by atoms with Gasteiger partial charge in [0, 0.05) is 12.8 Å². The lowest BCUT2D eigenvalue weighted by molar-refractivity contribution is -0.870. The molecule has 9 heteroatoms. The lowest BCUT2D eigenvalue weighted by Crippen LogP contribution is -2.40. The van der Waals surface area contributed by atoms with E-state index >= 15 is 0 Å². The molecule has 2 atom stereocenters. The van der Waals surface area contributed by atoms with Gasteiger partial charge in [-0.2, -0.15) is 0 Å². The predicted octanol–water partition coefficient (Wildman–Crippen LogP) is 14.7. The smallest absolute Gasteiger partial charge is 0.361 e. The largest absolute Gasteiger partial charge is 0.477 e. The van der Waals surface area contributed by atoms with Crippen LogP contribution in [0.2, 0.25) is 0 Å². The second-order valence-corrected chi connectivity index (χ2v) is 18.5. The highest BCUT2D eigenvalue weighted by Crippen LogP contribution is 2.16. The number of hydrogen-bond acceptors (Lipinski definition) is 7. The Morgan fingerprint density at radius 1 is 0.477 bits per heavy atom. The number of nitrogens with zero attached hydrogens (tertiary/aromatic N) is 1. The molecule has 0 radical (unpaired) electrons. The van der Waals surface area contributed by atoms with E-state index in [0.29, 0.717) is 17.4 Å². The third-order valence-electron chi connectivity index (χ3n) is 11.0. The van der Waals surface area contributed by atoms with Crippen molar-refractivity contribution in [1.29, 1.82) is 0 Å². The van der Waals surface area contributed by atoms with Gasteiger partial charge in [0.15, 0.2) is 6.10 Å². The minimum atomic E-state index is -1.53. The molecule has 0 aromatic rings. The van der Waals surface area contributed by atoms with Crippen LogP contribution >= 0.6 is 0 Å². The second kappa shape index (κ2) is 47.2. The van der Waals surface area contributed by atoms with Gasteiger partial charge in [0.1, 0.15) is 13.2 Å². The Hall–Kier alpha value is -3.27. The minimum absolute atomic E-state index is 0.133. The summed E-state index contributed by atoms with van der Waals surface area (Å²) in [6.45, 7) is 4.68. The van der Waals surface area contributed by atoms with Crippen molar-refractivity contribution in [2.45, 2.75) is 219 Å². The number of carbonyl (C=O) groups is 3. The standard InChI is InChI=1S/C56H97NO8/c1-6-8-10-12-14-16-18-20-22-24-26-27-29-30-32-34-36-38-40-42-44-46-53(58)63-50-52(51-64-56(55(60)61)62-49-48-57(3,4)5)65-54(59)47-45-43-41-39-37-35-33-31-28-25-23-21-19-17-15-13-11-9-7-2/h9,11,15,17,21,23,28,31,35,37,41,43,52,56H,6-8,10,12-14,16,18-20,22,24-27,29-30,32-34,36,38-40,42,44-51H2,1-5H3/p+1/b11-9-,17-15-,23-21-,31-28-,37-35-,43-41-. The molecule has 0 aromatic carbocycles. The predicted molar refractivity (Wildman–Crippen MR) is 272 cm³/mol. The van der Waals surface area contributed by atoms with E-state index in [1.54, 1.807) is 0 Å². The first kappa shape index (κ1) is 61.7. The van der Waals surface area contributed by atoms with Crippen molar-refractivity contribution >= 4 is 17.9 Å². The lowest BCUT2D eigenvalue weighted by Gasteiger charge is -2.25. The number of hydrogen-bond donors (Lipinski definition) is 1. The number of carboxylic acid groups (broad SMARTS) is 1. The zero-order chi connectivity index (χ0) is 47.7. The summed E-state index contributed by atoms with van der Waals surface area (Å²) in [6.07, 6.45) is 57.0. The van der Waals surface area contributed by atoms with E-state index in [0.717, 1.165) is 57.8 Å². The fourth-order valence-corrected chi connectivity index (χ4v) is 6.98. The van der Waals surface area contributed by atoms with Gasteiger partial charge in [-0.15, -0.1) is 0 Å². The molecule has 9 nitrogen and oxygen atoms in total. The van der Waals surface area contributed by atoms with E-state index in [-0.39, 0.29) is 38.6 Å². The first-order valence-corrected chi connectivity index (χ1v) is 26.1. The van der Waals surface area contributed by atoms with Crippen molar-refractivity contribution in [2.75, 3.05) is 47.5 Å². The number of esters is 2. The number of ether oxygens (including phenoxy) is 4. The lowest BCUT2D eigenvalue weighted by atomic mass is 10.0. The van der Waals surface area contributed by atoms with Gasteiger partial charge in [-0.1, -0.05) is 215 Å². The molecule has 0 aromatic heterocycles. The van der Waals surface area contributed by atoms with Gasteiger partial charge in [0.2, 0.25) is 0 Å². The van der Waals surface area contributed by atoms with Crippen molar-refractivity contribution in [3.05, 3.63) is 72.9 Å². The summed E-state index contributed by atoms with van der Waals surface area (Å²) in [4.78, 5) is 37.3. The van der Waals surface area contributed by atoms with Gasteiger partial charge in [-0.3, -0.25) is 9.59 Å². The molecule has 0 saturated carbocycles. The van der Waals surface area contributed by atoms with Crippen LogP contribution in [0.3, 0.4) is 0 Å². The molecule has 1 N–H and O–H groups in total. The summed E-state index contributed by atoms with van der Waals surface area (Å²) in [5.74, 6) is -2.12. The van der Waals surface area contributed by atoms with E-state index in [2.05, 4.69) is 74.6 Å². The second-order valence-electron chi connectivity index (χ2n) is 18.5. The quantitative estimate of drug-likeness (QED) is 0.0211. The number of carbonyl (C=O) groups excluding carboxylic acids is 2. The fourth-order valence-electron chi connectivity index (χ4n) is 6.98. The molecule has 374 valence electrons. The summed E-state index contributed by atoms with van der Waals surface area (Å²) in [7, 11) is 5.94. The topological polar surface area (TPSA) is 108 Å². The Bertz CT molecular complexity index is 1290. The van der Waals surface area contributed by atoms with Gasteiger partial charge >= 0.3 is 17.9 Å². The summed E-state index contributed by atoms with van der Waals surface area (Å²) in [5, 5.41) is 9.67. The van der Waals surface area contributed by atoms with E-state index in [9.17, 15) is 19.5 Å². The molecule has 0 fully saturated rings. The Balaban J connectivity index is 4.42. The van der Waals surface area contributed by atoms with Crippen molar-refractivity contribution in [3.63, 3.8) is 0 Å². The normalized spacial score (nSPS) is 13.4. The highest BCUT2D eigenvalue weighted by Gasteiger charge is 2.25. The zero-order valence-corrected chi connectivity index (χ0v) is 42.4. The van der Waals surface area contributed by atoms with Gasteiger partial charge in [-0.25, -0.2) is 4.79 Å². The van der Waals surface area contributed by atoms with Crippen LogP contribution in [-0.2, 0) is 33.3 Å². The van der Waals surface area contributed by atoms with Gasteiger partial charge in [-0.05, 0) is 51.4 Å². The molecule has 2 unspecified atom stereocenters. The first-order chi connectivity index (χ1) is 31.6. The van der Waals surface area contributed by atoms with Crippen LogP contribution in [0, 0.1) is 0 Å². The molecule has 65 heavy (non-hydrogen) atoms. The highest BCUT2D eigenvalue weighted by molar-refractivity contribution is 5.71. The van der Waals surface area contributed by atoms with Crippen LogP contribution in [-0.4, -0.2) is 87.4 Å². The fraction of sp³-hybridized carbons (Fsp3) is 0.732. The van der Waals surface area contributed by atoms with Gasteiger partial charge < -0.3 is 28.5 Å². The number of rotatable bonds is 47. The molecule has 0 aliphatic rings. The van der Waals surface area contributed by atoms with E-state index in [1.165, 1.54) is 116 Å². The summed E-state index contributed by atoms with van der Waals surface area (Å²) in [5.41, 5.74) is 0. The minimum Gasteiger partial charge on any atom is -0.477 e. The third kappa shape index (κ3) is 48.5. The maximum absolute atomic E-state index is 12.8. The molecule has 0 heterocycles. The maximum atomic E-state index is 12.8. The first-order valence-electron chi connectivity index (χ1n) is 26.1. The highest BCUT2D eigenvalue weighted by atomic mass is 16.7. The SMILES string of the molecule is CC/C=C\C/C=C\C/C=C\C/C=C\C/C=C\C/C=C\CCC(=O)OC(COC(=O)CCCCCCCCCCCCCCCCCCCCCCC)COC(OCC[N+](C)(C)C)C(=O)O. The van der Waals surface area contributed by atoms with Crippen molar-refractivity contribution in [2.24, 2.45) is 0 Å². The number of aliphatic carboxylic acids is 1. The Labute approximate surface area is 398 Å². The van der Waals surface area contributed by atoms with Crippen LogP contribution in [0.5, 0.6) is 0 Å². The Kier molecular flexibility index (Phi) is 44.9. The summed E-state index contributed by atoms with van der Waals surface area (Å²) >= 11 is 0. The average Bonchev–Trinajstić information content (AvgIpc) is 3.27. The van der Waals surface area contributed by atoms with Crippen LogP contribution in [0.4, 0.5) is 0 Å². The van der Waals surface area contributed by atoms with Gasteiger partial charge in [0.25, 0.3) is 6.29 Å². The molecule has 0 rings (SSSR count). The van der Waals surface area contributed by atoms with E-state index in [1.807, 2.05) is 33.3 Å². The monoisotopic (exact) mass is 913 g/mol. The molecular weight excluding hydrogens is 815 g/mol. The average molecular weight is 913 g/mol. The Morgan fingerprint density at radius 2 is 0.877 bits per heavy atom. The van der Waals surface area contributed by atoms with Crippen LogP contribution in [0.15, 0.2) is 72.9 Å². The number of carboxylic acids is 1. The molecule has 0 amide bonds. The molecular formula is C56H98NO8+. The number of allylic oxidation sites excluding steroid dienone is 12. The summed E-state index contributed by atoms with van der Waals surface area (Å²) in [6, 6.07) is 0. The molecule has 0 bridgehead atoms. The maximum Gasteiger partial charge on any atom is 0.361 e. The molecule has 0 aliphatic heterocycles. The molecule has 0 saturated heterocycles. The molecule has 0 aliphatic carbocycles. The van der Waals surface area contributed by atoms with Crippen molar-refractivity contribution in [1.82, 2.24) is 0 Å². The number of quaternary nitrogens is 1. The van der Waals surface area contributed by atoms with Crippen LogP contribution in [0.25, 0.3) is 0 Å². The van der Waals surface area contributed by atoms with Crippen molar-refractivity contribution < 1.29 is 42.9 Å². The summed E-state index contributed by atoms with van der Waals surface area (Å²) < 4.78 is 22.7. The zero-order valence-electron chi connectivity index (χ0n) is 42.4. The number of unbranched alkanes of at least 4 members (excludes halogenated alkanes) is 20. The third-order valence-corrected chi connectivity index (χ3v) is 11.0. The van der Waals surface area contributed by atoms with Crippen LogP contribution in [0.1, 0.15) is 206 Å². The van der Waals surface area contributed by atoms with Crippen LogP contribution < -0.4 is 0 Å². The van der Waals surface area contributed by atoms with E-state index in [4.69, 9.17) is 18.9 Å². The van der Waals surface area contributed by atoms with Crippen molar-refractivity contribution in [3.8, 4) is 0 Å². The van der Waals surface area contributed by atoms with E-state index < -0.39 is 24.3 Å². The Morgan fingerprint density at radius 3 is 1.28 bits per heavy atom. The molecule has 0 spiro atoms. The van der Waals surface area contributed by atoms with Gasteiger partial charge in [0.05, 0.1) is 34.4 Å². The number of likely N-dealkylation sites (N-methyl/N-ethyl adjacent to an activating group) is 1.